The summed E-state index contributed by atoms with van der Waals surface area (Å²) in [5.41, 5.74) is 2.30. The van der Waals surface area contributed by atoms with Crippen molar-refractivity contribution in [2.24, 2.45) is 0 Å². The zero-order chi connectivity index (χ0) is 17.8. The number of benzene rings is 2. The third kappa shape index (κ3) is 2.42. The molecule has 1 N–H and O–H groups in total. The number of sulfonamides is 1. The van der Waals surface area contributed by atoms with Crippen molar-refractivity contribution in [1.82, 2.24) is 10.2 Å². The number of aromatic nitrogens is 2. The van der Waals surface area contributed by atoms with Crippen LogP contribution in [0.1, 0.15) is 18.5 Å². The molecule has 0 spiro atoms. The molecule has 0 saturated heterocycles. The average Bonchev–Trinajstić information content (AvgIpc) is 3.05. The molecular weight excluding hydrogens is 365 g/mol. The van der Waals surface area contributed by atoms with Crippen LogP contribution in [0, 0.1) is 5.82 Å². The van der Waals surface area contributed by atoms with Crippen molar-refractivity contribution >= 4 is 27.3 Å². The number of nitrogens with one attached hydrogen (secondary N) is 1. The van der Waals surface area contributed by atoms with E-state index >= 15 is 0 Å². The van der Waals surface area contributed by atoms with Crippen molar-refractivity contribution in [3.8, 4) is 11.3 Å². The summed E-state index contributed by atoms with van der Waals surface area (Å²) in [7, 11) is -3.91. The number of hydrogen-bond acceptors (Lipinski definition) is 3. The van der Waals surface area contributed by atoms with Crippen molar-refractivity contribution in [2.75, 3.05) is 4.31 Å². The van der Waals surface area contributed by atoms with Crippen molar-refractivity contribution in [3.63, 3.8) is 0 Å². The second-order valence-electron chi connectivity index (χ2n) is 5.79. The highest BCUT2D eigenvalue weighted by Crippen LogP contribution is 2.46. The summed E-state index contributed by atoms with van der Waals surface area (Å²) < 4.78 is 41.6. The Morgan fingerprint density at radius 2 is 1.92 bits per heavy atom. The van der Waals surface area contributed by atoms with E-state index in [1.807, 2.05) is 0 Å². The van der Waals surface area contributed by atoms with Gasteiger partial charge in [0.05, 0.1) is 28.5 Å². The van der Waals surface area contributed by atoms with Gasteiger partial charge in [0.1, 0.15) is 5.82 Å². The molecule has 0 aliphatic carbocycles. The molecule has 2 aromatic carbocycles. The highest BCUT2D eigenvalue weighted by Gasteiger charge is 2.38. The first-order valence-corrected chi connectivity index (χ1v) is 9.34. The minimum absolute atomic E-state index is 0.0888. The van der Waals surface area contributed by atoms with Gasteiger partial charge in [0, 0.05) is 16.1 Å². The monoisotopic (exact) mass is 377 g/mol. The van der Waals surface area contributed by atoms with E-state index in [-0.39, 0.29) is 10.6 Å². The summed E-state index contributed by atoms with van der Waals surface area (Å²) in [6.07, 6.45) is 1.59. The molecule has 4 rings (SSSR count). The second-order valence-corrected chi connectivity index (χ2v) is 8.04. The van der Waals surface area contributed by atoms with E-state index in [1.165, 1.54) is 40.7 Å². The minimum Gasteiger partial charge on any atom is -0.277 e. The van der Waals surface area contributed by atoms with E-state index in [1.54, 1.807) is 19.2 Å². The Morgan fingerprint density at radius 1 is 1.20 bits per heavy atom. The molecule has 128 valence electrons. The minimum atomic E-state index is -3.91. The number of aromatic amines is 1. The van der Waals surface area contributed by atoms with Gasteiger partial charge in [-0.1, -0.05) is 11.6 Å². The van der Waals surface area contributed by atoms with Gasteiger partial charge >= 0.3 is 0 Å². The van der Waals surface area contributed by atoms with Crippen LogP contribution in [0.4, 0.5) is 10.1 Å². The molecule has 25 heavy (non-hydrogen) atoms. The van der Waals surface area contributed by atoms with Crippen LogP contribution in [-0.4, -0.2) is 18.6 Å². The summed E-state index contributed by atoms with van der Waals surface area (Å²) in [6.45, 7) is 1.75. The number of hydrogen-bond donors (Lipinski definition) is 1. The number of nitrogens with zero attached hydrogens (tertiary/aromatic N) is 2. The van der Waals surface area contributed by atoms with Gasteiger partial charge < -0.3 is 0 Å². The Kier molecular flexibility index (Phi) is 3.59. The molecule has 1 aromatic heterocycles. The molecule has 0 amide bonds. The van der Waals surface area contributed by atoms with Crippen LogP contribution in [0.15, 0.2) is 53.6 Å². The highest BCUT2D eigenvalue weighted by molar-refractivity contribution is 7.92. The van der Waals surface area contributed by atoms with Gasteiger partial charge in [0.15, 0.2) is 0 Å². The molecular formula is C17H13ClFN3O2S. The zero-order valence-corrected chi connectivity index (χ0v) is 14.6. The quantitative estimate of drug-likeness (QED) is 0.729. The van der Waals surface area contributed by atoms with Gasteiger partial charge in [0.25, 0.3) is 10.0 Å². The first kappa shape index (κ1) is 16.1. The summed E-state index contributed by atoms with van der Waals surface area (Å²) in [4.78, 5) is 0.0888. The maximum Gasteiger partial charge on any atom is 0.264 e. The van der Waals surface area contributed by atoms with E-state index in [0.717, 1.165) is 5.56 Å². The zero-order valence-electron chi connectivity index (χ0n) is 13.1. The van der Waals surface area contributed by atoms with Gasteiger partial charge in [0.2, 0.25) is 0 Å². The molecule has 1 aliphatic heterocycles. The fourth-order valence-electron chi connectivity index (χ4n) is 3.12. The summed E-state index contributed by atoms with van der Waals surface area (Å²) >= 11 is 5.86. The van der Waals surface area contributed by atoms with E-state index in [2.05, 4.69) is 10.2 Å². The van der Waals surface area contributed by atoms with Gasteiger partial charge in [-0.05, 0) is 49.4 Å². The van der Waals surface area contributed by atoms with Crippen molar-refractivity contribution < 1.29 is 12.8 Å². The normalized spacial score (nSPS) is 16.4. The third-order valence-corrected chi connectivity index (χ3v) is 6.46. The van der Waals surface area contributed by atoms with E-state index < -0.39 is 21.9 Å². The van der Waals surface area contributed by atoms with Gasteiger partial charge in [-0.2, -0.15) is 5.10 Å². The highest BCUT2D eigenvalue weighted by atomic mass is 35.5. The Morgan fingerprint density at radius 3 is 2.64 bits per heavy atom. The predicted molar refractivity (Wildman–Crippen MR) is 93.5 cm³/mol. The Bertz CT molecular complexity index is 1060. The van der Waals surface area contributed by atoms with Crippen molar-refractivity contribution in [1.29, 1.82) is 0 Å². The van der Waals surface area contributed by atoms with Crippen molar-refractivity contribution in [2.45, 2.75) is 17.9 Å². The average molecular weight is 378 g/mol. The lowest BCUT2D eigenvalue weighted by molar-refractivity contribution is 0.581. The van der Waals surface area contributed by atoms with E-state index in [9.17, 15) is 12.8 Å². The summed E-state index contributed by atoms with van der Waals surface area (Å²) in [6, 6.07) is 9.44. The summed E-state index contributed by atoms with van der Waals surface area (Å²) in [5.74, 6) is -0.509. The van der Waals surface area contributed by atoms with Crippen LogP contribution in [0.5, 0.6) is 0 Å². The second kappa shape index (κ2) is 5.57. The van der Waals surface area contributed by atoms with Crippen LogP contribution >= 0.6 is 11.6 Å². The number of halogens is 2. The fraction of sp³-hybridized carbons (Fsp3) is 0.118. The SMILES string of the molecule is CC1c2cn[nH]c2-c2ccc(F)cc2N1S(=O)(=O)c1ccc(Cl)cc1. The molecule has 1 aliphatic rings. The Labute approximate surface area is 149 Å². The smallest absolute Gasteiger partial charge is 0.264 e. The molecule has 0 bridgehead atoms. The van der Waals surface area contributed by atoms with Gasteiger partial charge in [-0.15, -0.1) is 0 Å². The third-order valence-electron chi connectivity index (χ3n) is 4.31. The largest absolute Gasteiger partial charge is 0.277 e. The van der Waals surface area contributed by atoms with Crippen LogP contribution in [0.25, 0.3) is 11.3 Å². The molecule has 0 radical (unpaired) electrons. The fourth-order valence-corrected chi connectivity index (χ4v) is 4.89. The van der Waals surface area contributed by atoms with Gasteiger partial charge in [-0.3, -0.25) is 9.40 Å². The standard InChI is InChI=1S/C17H13ClFN3O2S/c1-10-15-9-20-21-17(15)14-7-4-12(19)8-16(14)22(10)25(23,24)13-5-2-11(18)3-6-13/h2-10H,1H3,(H,20,21). The topological polar surface area (TPSA) is 66.1 Å². The predicted octanol–water partition coefficient (Wildman–Crippen LogP) is 4.14. The first-order valence-electron chi connectivity index (χ1n) is 7.53. The van der Waals surface area contributed by atoms with E-state index in [0.29, 0.717) is 16.3 Å². The number of anilines is 1. The number of rotatable bonds is 2. The van der Waals surface area contributed by atoms with Crippen LogP contribution in [0.3, 0.4) is 0 Å². The van der Waals surface area contributed by atoms with Crippen molar-refractivity contribution in [3.05, 3.63) is 65.1 Å². The lowest BCUT2D eigenvalue weighted by Crippen LogP contribution is -2.36. The number of H-pyrrole nitrogens is 1. The lowest BCUT2D eigenvalue weighted by Gasteiger charge is -2.35. The molecule has 3 aromatic rings. The van der Waals surface area contributed by atoms with Crippen LogP contribution in [-0.2, 0) is 10.0 Å². The summed E-state index contributed by atoms with van der Waals surface area (Å²) in [5, 5.41) is 7.33. The molecule has 1 atom stereocenters. The maximum atomic E-state index is 13.9. The first-order chi connectivity index (χ1) is 11.9. The molecule has 0 saturated carbocycles. The molecule has 0 fully saturated rings. The van der Waals surface area contributed by atoms with Crippen LogP contribution < -0.4 is 4.31 Å². The van der Waals surface area contributed by atoms with E-state index in [4.69, 9.17) is 11.6 Å². The molecule has 2 heterocycles. The number of fused-ring (bicyclic) bond motifs is 3. The van der Waals surface area contributed by atoms with Crippen LogP contribution in [0.2, 0.25) is 5.02 Å². The lowest BCUT2D eigenvalue weighted by atomic mass is 9.97. The molecule has 1 unspecified atom stereocenters. The molecule has 5 nitrogen and oxygen atoms in total. The van der Waals surface area contributed by atoms with Gasteiger partial charge in [-0.25, -0.2) is 12.8 Å². The molecule has 8 heteroatoms. The Hall–Kier alpha value is -2.38. The maximum absolute atomic E-state index is 13.9. The Balaban J connectivity index is 1.96.